The molecule has 0 aliphatic rings. The van der Waals surface area contributed by atoms with Gasteiger partial charge < -0.3 is 15.4 Å². The van der Waals surface area contributed by atoms with Crippen LogP contribution in [-0.4, -0.2) is 17.5 Å². The smallest absolute Gasteiger partial charge is 0.262 e. The van der Waals surface area contributed by atoms with Crippen LogP contribution in [0.3, 0.4) is 0 Å². The lowest BCUT2D eigenvalue weighted by Crippen LogP contribution is -2.20. The van der Waals surface area contributed by atoms with Crippen molar-refractivity contribution in [3.05, 3.63) is 77.5 Å². The molecule has 0 aliphatic carbocycles. The summed E-state index contributed by atoms with van der Waals surface area (Å²) >= 11 is 0. The number of carbonyl (C=O) groups is 1. The molecule has 0 aliphatic heterocycles. The fraction of sp³-hybridized carbons (Fsp3) is 0.182. The van der Waals surface area contributed by atoms with Gasteiger partial charge in [0.2, 0.25) is 0 Å². The molecular weight excluding hydrogens is 338 g/mol. The second kappa shape index (κ2) is 8.36. The maximum absolute atomic E-state index is 12.0. The van der Waals surface area contributed by atoms with Gasteiger partial charge in [0.05, 0.1) is 11.9 Å². The number of anilines is 3. The third-order valence-corrected chi connectivity index (χ3v) is 4.09. The maximum atomic E-state index is 12.0. The summed E-state index contributed by atoms with van der Waals surface area (Å²) < 4.78 is 5.48. The first-order valence-corrected chi connectivity index (χ1v) is 8.79. The molecule has 0 spiro atoms. The number of aromatic nitrogens is 1. The molecule has 0 saturated carbocycles. The van der Waals surface area contributed by atoms with Crippen LogP contribution in [0.4, 0.5) is 17.2 Å². The first-order valence-electron chi connectivity index (χ1n) is 8.79. The Balaban J connectivity index is 1.54. The van der Waals surface area contributed by atoms with E-state index in [-0.39, 0.29) is 12.5 Å². The Hall–Kier alpha value is -3.34. The highest BCUT2D eigenvalue weighted by molar-refractivity contribution is 5.91. The molecule has 1 aromatic heterocycles. The van der Waals surface area contributed by atoms with Crippen LogP contribution >= 0.6 is 0 Å². The van der Waals surface area contributed by atoms with Crippen molar-refractivity contribution in [3.63, 3.8) is 0 Å². The summed E-state index contributed by atoms with van der Waals surface area (Å²) in [6.07, 6.45) is 1.62. The van der Waals surface area contributed by atoms with Gasteiger partial charge in [-0.05, 0) is 62.2 Å². The van der Waals surface area contributed by atoms with Gasteiger partial charge in [0, 0.05) is 5.69 Å². The van der Waals surface area contributed by atoms with E-state index in [0.717, 1.165) is 22.6 Å². The molecule has 0 saturated heterocycles. The van der Waals surface area contributed by atoms with E-state index in [1.807, 2.05) is 50.2 Å². The fourth-order valence-electron chi connectivity index (χ4n) is 2.53. The quantitative estimate of drug-likeness (QED) is 0.664. The third kappa shape index (κ3) is 5.31. The minimum absolute atomic E-state index is 0.0501. The van der Waals surface area contributed by atoms with Crippen molar-refractivity contribution in [2.24, 2.45) is 0 Å². The number of benzene rings is 2. The highest BCUT2D eigenvalue weighted by Gasteiger charge is 2.05. The van der Waals surface area contributed by atoms with Crippen molar-refractivity contribution in [2.45, 2.75) is 20.8 Å². The van der Waals surface area contributed by atoms with Gasteiger partial charge in [-0.25, -0.2) is 4.98 Å². The topological polar surface area (TPSA) is 63.2 Å². The number of rotatable bonds is 6. The van der Waals surface area contributed by atoms with E-state index >= 15 is 0 Å². The van der Waals surface area contributed by atoms with Crippen molar-refractivity contribution in [3.8, 4) is 5.75 Å². The Bertz CT molecular complexity index is 919. The van der Waals surface area contributed by atoms with Crippen LogP contribution in [0.1, 0.15) is 16.7 Å². The summed E-state index contributed by atoms with van der Waals surface area (Å²) in [5.41, 5.74) is 5.12. The van der Waals surface area contributed by atoms with E-state index < -0.39 is 0 Å². The Kier molecular flexibility index (Phi) is 5.71. The lowest BCUT2D eigenvalue weighted by Gasteiger charge is -2.11. The lowest BCUT2D eigenvalue weighted by molar-refractivity contribution is -0.118. The highest BCUT2D eigenvalue weighted by atomic mass is 16.5. The minimum atomic E-state index is -0.229. The Labute approximate surface area is 159 Å². The van der Waals surface area contributed by atoms with Crippen molar-refractivity contribution in [2.75, 3.05) is 17.2 Å². The molecule has 0 unspecified atom stereocenters. The first-order chi connectivity index (χ1) is 13.0. The molecule has 0 bridgehead atoms. The summed E-state index contributed by atoms with van der Waals surface area (Å²) in [6.45, 7) is 6.05. The molecule has 3 aromatic rings. The molecule has 5 nitrogen and oxygen atoms in total. The number of pyridine rings is 1. The summed E-state index contributed by atoms with van der Waals surface area (Å²) in [5, 5.41) is 6.08. The van der Waals surface area contributed by atoms with Gasteiger partial charge in [0.1, 0.15) is 11.6 Å². The van der Waals surface area contributed by atoms with E-state index in [9.17, 15) is 4.79 Å². The zero-order chi connectivity index (χ0) is 19.2. The number of ether oxygens (including phenoxy) is 1. The van der Waals surface area contributed by atoms with Crippen molar-refractivity contribution < 1.29 is 9.53 Å². The molecule has 0 atom stereocenters. The van der Waals surface area contributed by atoms with Gasteiger partial charge in [0.15, 0.2) is 6.61 Å². The molecule has 2 N–H and O–H groups in total. The van der Waals surface area contributed by atoms with Crippen LogP contribution < -0.4 is 15.4 Å². The molecule has 2 aromatic carbocycles. The van der Waals surface area contributed by atoms with Crippen molar-refractivity contribution in [1.29, 1.82) is 0 Å². The van der Waals surface area contributed by atoms with Crippen LogP contribution in [0.5, 0.6) is 5.75 Å². The largest absolute Gasteiger partial charge is 0.484 e. The third-order valence-electron chi connectivity index (χ3n) is 4.09. The van der Waals surface area contributed by atoms with E-state index in [4.69, 9.17) is 4.74 Å². The molecule has 1 amide bonds. The number of hydrogen-bond donors (Lipinski definition) is 2. The SMILES string of the molecule is Cc1ccc(OCC(=O)Nc2ccc(Nc3cc(C)ccc3C)nc2)cc1. The number of amides is 1. The number of nitrogens with one attached hydrogen (secondary N) is 2. The number of aryl methyl sites for hydroxylation is 3. The molecule has 0 fully saturated rings. The number of hydrogen-bond acceptors (Lipinski definition) is 4. The summed E-state index contributed by atoms with van der Waals surface area (Å²) in [6, 6.07) is 17.4. The van der Waals surface area contributed by atoms with Crippen LogP contribution in [-0.2, 0) is 4.79 Å². The highest BCUT2D eigenvalue weighted by Crippen LogP contribution is 2.21. The maximum Gasteiger partial charge on any atom is 0.262 e. The zero-order valence-electron chi connectivity index (χ0n) is 15.7. The molecule has 27 heavy (non-hydrogen) atoms. The monoisotopic (exact) mass is 361 g/mol. The van der Waals surface area contributed by atoms with Gasteiger partial charge in [-0.15, -0.1) is 0 Å². The number of nitrogens with zero attached hydrogens (tertiary/aromatic N) is 1. The predicted octanol–water partition coefficient (Wildman–Crippen LogP) is 4.77. The van der Waals surface area contributed by atoms with Crippen LogP contribution in [0.25, 0.3) is 0 Å². The fourth-order valence-corrected chi connectivity index (χ4v) is 2.53. The van der Waals surface area contributed by atoms with Crippen LogP contribution in [0, 0.1) is 20.8 Å². The van der Waals surface area contributed by atoms with E-state index in [2.05, 4.69) is 40.7 Å². The molecule has 138 valence electrons. The molecule has 3 rings (SSSR count). The van der Waals surface area contributed by atoms with Gasteiger partial charge in [0.25, 0.3) is 5.91 Å². The molecule has 0 radical (unpaired) electrons. The van der Waals surface area contributed by atoms with E-state index in [1.165, 1.54) is 5.56 Å². The van der Waals surface area contributed by atoms with Crippen LogP contribution in [0.2, 0.25) is 0 Å². The number of carbonyl (C=O) groups excluding carboxylic acids is 1. The Morgan fingerprint density at radius 2 is 1.70 bits per heavy atom. The molecule has 1 heterocycles. The average molecular weight is 361 g/mol. The standard InChI is InChI=1S/C22H23N3O2/c1-15-5-9-19(10-6-15)27-14-22(26)24-18-8-11-21(23-13-18)25-20-12-16(2)4-7-17(20)3/h4-13H,14H2,1-3H3,(H,23,25)(H,24,26). The van der Waals surface area contributed by atoms with Crippen molar-refractivity contribution >= 4 is 23.1 Å². The van der Waals surface area contributed by atoms with E-state index in [1.54, 1.807) is 6.20 Å². The summed E-state index contributed by atoms with van der Waals surface area (Å²) in [7, 11) is 0. The minimum Gasteiger partial charge on any atom is -0.484 e. The van der Waals surface area contributed by atoms with Gasteiger partial charge in [-0.1, -0.05) is 29.8 Å². The Morgan fingerprint density at radius 3 is 2.41 bits per heavy atom. The normalized spacial score (nSPS) is 10.3. The summed E-state index contributed by atoms with van der Waals surface area (Å²) in [5.74, 6) is 1.16. The van der Waals surface area contributed by atoms with Gasteiger partial charge in [-0.3, -0.25) is 4.79 Å². The second-order valence-corrected chi connectivity index (χ2v) is 6.53. The van der Waals surface area contributed by atoms with E-state index in [0.29, 0.717) is 11.4 Å². The van der Waals surface area contributed by atoms with Crippen molar-refractivity contribution in [1.82, 2.24) is 4.98 Å². The van der Waals surface area contributed by atoms with Crippen LogP contribution in [0.15, 0.2) is 60.8 Å². The Morgan fingerprint density at radius 1 is 0.963 bits per heavy atom. The zero-order valence-corrected chi connectivity index (χ0v) is 15.7. The van der Waals surface area contributed by atoms with Gasteiger partial charge in [-0.2, -0.15) is 0 Å². The first kappa shape index (κ1) is 18.5. The second-order valence-electron chi connectivity index (χ2n) is 6.53. The molecule has 5 heteroatoms. The predicted molar refractivity (Wildman–Crippen MR) is 109 cm³/mol. The lowest BCUT2D eigenvalue weighted by atomic mass is 10.1. The average Bonchev–Trinajstić information content (AvgIpc) is 2.66. The molecular formula is C22H23N3O2. The van der Waals surface area contributed by atoms with Gasteiger partial charge >= 0.3 is 0 Å². The summed E-state index contributed by atoms with van der Waals surface area (Å²) in [4.78, 5) is 16.4.